The van der Waals surface area contributed by atoms with Crippen LogP contribution in [0.5, 0.6) is 5.75 Å². The second kappa shape index (κ2) is 6.74. The van der Waals surface area contributed by atoms with Gasteiger partial charge < -0.3 is 9.47 Å². The summed E-state index contributed by atoms with van der Waals surface area (Å²) in [6, 6.07) is 2.70. The predicted molar refractivity (Wildman–Crippen MR) is 88.3 cm³/mol. The molecule has 0 spiro atoms. The third-order valence-corrected chi connectivity index (χ3v) is 6.27. The van der Waals surface area contributed by atoms with Crippen LogP contribution in [0, 0.1) is 12.7 Å². The van der Waals surface area contributed by atoms with Crippen molar-refractivity contribution in [3.05, 3.63) is 41.5 Å². The van der Waals surface area contributed by atoms with Crippen LogP contribution in [0.1, 0.15) is 17.2 Å². The molecule has 9 heteroatoms. The van der Waals surface area contributed by atoms with Crippen molar-refractivity contribution in [1.82, 2.24) is 14.1 Å². The molecule has 1 aliphatic heterocycles. The Morgan fingerprint density at radius 3 is 2.80 bits per heavy atom. The maximum Gasteiger partial charge on any atom is 0.243 e. The summed E-state index contributed by atoms with van der Waals surface area (Å²) in [4.78, 5) is -0.0577. The van der Waals surface area contributed by atoms with Crippen molar-refractivity contribution >= 4 is 10.0 Å². The molecule has 0 unspecified atom stereocenters. The summed E-state index contributed by atoms with van der Waals surface area (Å²) in [6.45, 7) is 2.06. The largest absolute Gasteiger partial charge is 0.494 e. The molecular formula is C16H20FN3O4S. The first kappa shape index (κ1) is 17.8. The van der Waals surface area contributed by atoms with Gasteiger partial charge in [-0.3, -0.25) is 4.68 Å². The third kappa shape index (κ3) is 3.26. The zero-order valence-corrected chi connectivity index (χ0v) is 15.1. The lowest BCUT2D eigenvalue weighted by Gasteiger charge is -2.32. The molecule has 25 heavy (non-hydrogen) atoms. The molecule has 0 amide bonds. The van der Waals surface area contributed by atoms with Gasteiger partial charge in [-0.2, -0.15) is 9.40 Å². The Hall–Kier alpha value is -1.97. The zero-order valence-electron chi connectivity index (χ0n) is 14.3. The van der Waals surface area contributed by atoms with Crippen LogP contribution < -0.4 is 4.74 Å². The van der Waals surface area contributed by atoms with Crippen LogP contribution in [-0.4, -0.2) is 49.3 Å². The second-order valence-corrected chi connectivity index (χ2v) is 7.78. The summed E-state index contributed by atoms with van der Waals surface area (Å²) < 4.78 is 53.8. The van der Waals surface area contributed by atoms with Crippen LogP contribution >= 0.6 is 0 Å². The average molecular weight is 369 g/mol. The van der Waals surface area contributed by atoms with E-state index in [0.29, 0.717) is 0 Å². The molecule has 0 radical (unpaired) electrons. The summed E-state index contributed by atoms with van der Waals surface area (Å²) in [7, 11) is -0.722. The third-order valence-electron chi connectivity index (χ3n) is 4.26. The summed E-state index contributed by atoms with van der Waals surface area (Å²) in [6.07, 6.45) is 3.04. The van der Waals surface area contributed by atoms with Crippen LogP contribution in [0.4, 0.5) is 4.39 Å². The first-order valence-corrected chi connectivity index (χ1v) is 9.22. The average Bonchev–Trinajstić information content (AvgIpc) is 3.03. The molecule has 1 aliphatic rings. The first-order valence-electron chi connectivity index (χ1n) is 7.78. The van der Waals surface area contributed by atoms with Gasteiger partial charge in [-0.1, -0.05) is 0 Å². The minimum absolute atomic E-state index is 0.0201. The monoisotopic (exact) mass is 369 g/mol. The number of benzene rings is 1. The number of rotatable bonds is 4. The Bertz CT molecular complexity index is 882. The highest BCUT2D eigenvalue weighted by atomic mass is 32.2. The van der Waals surface area contributed by atoms with E-state index in [-0.39, 0.29) is 35.9 Å². The molecule has 2 aromatic rings. The molecule has 0 saturated carbocycles. The number of ether oxygens (including phenoxy) is 2. The summed E-state index contributed by atoms with van der Waals surface area (Å²) in [5.74, 6) is -0.646. The van der Waals surface area contributed by atoms with Crippen LogP contribution in [0.3, 0.4) is 0 Å². The van der Waals surface area contributed by atoms with Gasteiger partial charge in [0.1, 0.15) is 0 Å². The number of halogens is 1. The highest BCUT2D eigenvalue weighted by Crippen LogP contribution is 2.31. The van der Waals surface area contributed by atoms with Crippen molar-refractivity contribution in [3.8, 4) is 5.75 Å². The van der Waals surface area contributed by atoms with Gasteiger partial charge in [0.25, 0.3) is 0 Å². The molecule has 1 atom stereocenters. The number of aryl methyl sites for hydroxylation is 1. The van der Waals surface area contributed by atoms with Crippen LogP contribution in [0.15, 0.2) is 29.4 Å². The fourth-order valence-corrected chi connectivity index (χ4v) is 4.51. The number of nitrogens with zero attached hydrogens (tertiary/aromatic N) is 3. The van der Waals surface area contributed by atoms with E-state index in [1.807, 2.05) is 0 Å². The molecular weight excluding hydrogens is 349 g/mol. The number of methoxy groups -OCH3 is 1. The standard InChI is InChI=1S/C16H20FN3O4S/c1-11-15(5-4-13(23-3)16(11)17)25(21,22)20-6-7-24-14(10-20)12-8-18-19(2)9-12/h4-5,8-9,14H,6-7,10H2,1-3H3/t14-/m0/s1. The molecule has 3 rings (SSSR count). The summed E-state index contributed by atoms with van der Waals surface area (Å²) in [5, 5.41) is 4.09. The van der Waals surface area contributed by atoms with Gasteiger partial charge in [0.15, 0.2) is 11.6 Å². The van der Waals surface area contributed by atoms with Crippen molar-refractivity contribution in [2.24, 2.45) is 7.05 Å². The minimum atomic E-state index is -3.84. The topological polar surface area (TPSA) is 73.7 Å². The number of morpholine rings is 1. The Morgan fingerprint density at radius 1 is 1.40 bits per heavy atom. The summed E-state index contributed by atoms with van der Waals surface area (Å²) in [5.41, 5.74) is 0.851. The number of aromatic nitrogens is 2. The molecule has 2 heterocycles. The SMILES string of the molecule is COc1ccc(S(=O)(=O)N2CCO[C@H](c3cnn(C)c3)C2)c(C)c1F. The van der Waals surface area contributed by atoms with E-state index in [1.165, 1.54) is 30.5 Å². The Kier molecular flexibility index (Phi) is 4.81. The normalized spacial score (nSPS) is 19.1. The lowest BCUT2D eigenvalue weighted by Crippen LogP contribution is -2.42. The van der Waals surface area contributed by atoms with Gasteiger partial charge in [0.05, 0.1) is 30.9 Å². The number of hydrogen-bond donors (Lipinski definition) is 0. The van der Waals surface area contributed by atoms with E-state index in [9.17, 15) is 12.8 Å². The Balaban J connectivity index is 1.91. The molecule has 0 aliphatic carbocycles. The second-order valence-electron chi connectivity index (χ2n) is 5.87. The Labute approximate surface area is 146 Å². The molecule has 136 valence electrons. The van der Waals surface area contributed by atoms with Crippen molar-refractivity contribution in [2.75, 3.05) is 26.8 Å². The van der Waals surface area contributed by atoms with Crippen molar-refractivity contribution < 1.29 is 22.3 Å². The molecule has 1 aromatic carbocycles. The lowest BCUT2D eigenvalue weighted by molar-refractivity contribution is -0.00260. The van der Waals surface area contributed by atoms with Gasteiger partial charge in [-0.15, -0.1) is 0 Å². The van der Waals surface area contributed by atoms with E-state index in [2.05, 4.69) is 5.10 Å². The van der Waals surface area contributed by atoms with Gasteiger partial charge in [-0.25, -0.2) is 12.8 Å². The molecule has 0 bridgehead atoms. The summed E-state index contributed by atoms with van der Waals surface area (Å²) >= 11 is 0. The quantitative estimate of drug-likeness (QED) is 0.819. The molecule has 1 saturated heterocycles. The van der Waals surface area contributed by atoms with E-state index in [4.69, 9.17) is 9.47 Å². The smallest absolute Gasteiger partial charge is 0.243 e. The van der Waals surface area contributed by atoms with Gasteiger partial charge in [0.2, 0.25) is 10.0 Å². The fourth-order valence-electron chi connectivity index (χ4n) is 2.87. The van der Waals surface area contributed by atoms with Crippen molar-refractivity contribution in [1.29, 1.82) is 0 Å². The fraction of sp³-hybridized carbons (Fsp3) is 0.438. The van der Waals surface area contributed by atoms with E-state index >= 15 is 0 Å². The molecule has 1 fully saturated rings. The van der Waals surface area contributed by atoms with Gasteiger partial charge >= 0.3 is 0 Å². The van der Waals surface area contributed by atoms with E-state index in [0.717, 1.165) is 5.56 Å². The minimum Gasteiger partial charge on any atom is -0.494 e. The van der Waals surface area contributed by atoms with Gasteiger partial charge in [0, 0.05) is 37.5 Å². The highest BCUT2D eigenvalue weighted by molar-refractivity contribution is 7.89. The first-order chi connectivity index (χ1) is 11.8. The molecule has 7 nitrogen and oxygen atoms in total. The molecule has 0 N–H and O–H groups in total. The van der Waals surface area contributed by atoms with Crippen LogP contribution in [0.2, 0.25) is 0 Å². The van der Waals surface area contributed by atoms with Crippen LogP contribution in [-0.2, 0) is 21.8 Å². The number of hydrogen-bond acceptors (Lipinski definition) is 5. The van der Waals surface area contributed by atoms with Crippen molar-refractivity contribution in [2.45, 2.75) is 17.9 Å². The lowest BCUT2D eigenvalue weighted by atomic mass is 10.2. The number of sulfonamides is 1. The Morgan fingerprint density at radius 2 is 2.16 bits per heavy atom. The molecule has 1 aromatic heterocycles. The van der Waals surface area contributed by atoms with Gasteiger partial charge in [-0.05, 0) is 19.1 Å². The van der Waals surface area contributed by atoms with E-state index in [1.54, 1.807) is 24.1 Å². The van der Waals surface area contributed by atoms with E-state index < -0.39 is 21.9 Å². The van der Waals surface area contributed by atoms with Crippen LogP contribution in [0.25, 0.3) is 0 Å². The zero-order chi connectivity index (χ0) is 18.2. The maximum absolute atomic E-state index is 14.3. The maximum atomic E-state index is 14.3. The highest BCUT2D eigenvalue weighted by Gasteiger charge is 2.33. The predicted octanol–water partition coefficient (Wildman–Crippen LogP) is 1.64. The van der Waals surface area contributed by atoms with Crippen molar-refractivity contribution in [3.63, 3.8) is 0 Å².